The number of carboxylic acid groups (broad SMARTS) is 1. The van der Waals surface area contributed by atoms with E-state index in [-0.39, 0.29) is 23.1 Å². The first-order chi connectivity index (χ1) is 9.40. The molecule has 0 heterocycles. The number of carbonyl (C=O) groups is 2. The predicted octanol–water partition coefficient (Wildman–Crippen LogP) is 3.10. The molecule has 8 heteroatoms. The zero-order chi connectivity index (χ0) is 15.1. The van der Waals surface area contributed by atoms with Crippen molar-refractivity contribution >= 4 is 33.6 Å². The number of aliphatic carboxylic acids is 1. The van der Waals surface area contributed by atoms with Crippen LogP contribution >= 0.6 is 15.9 Å². The molecule has 0 bridgehead atoms. The van der Waals surface area contributed by atoms with Crippen LogP contribution in [0.15, 0.2) is 16.6 Å². The molecule has 2 amide bonds. The molecule has 1 rings (SSSR count). The van der Waals surface area contributed by atoms with Crippen LogP contribution in [-0.4, -0.2) is 23.7 Å². The van der Waals surface area contributed by atoms with Crippen LogP contribution in [0.2, 0.25) is 0 Å². The average molecular weight is 351 g/mol. The molecule has 3 N–H and O–H groups in total. The molecule has 5 nitrogen and oxygen atoms in total. The van der Waals surface area contributed by atoms with Gasteiger partial charge in [-0.3, -0.25) is 4.79 Å². The SMILES string of the molecule is O=C(O)CCCCNC(=O)Nc1cc(F)c(Br)cc1F. The lowest BCUT2D eigenvalue weighted by molar-refractivity contribution is -0.137. The molecule has 0 aliphatic heterocycles. The Morgan fingerprint density at radius 1 is 1.20 bits per heavy atom. The number of rotatable bonds is 6. The van der Waals surface area contributed by atoms with Gasteiger partial charge in [-0.05, 0) is 34.8 Å². The van der Waals surface area contributed by atoms with E-state index in [0.717, 1.165) is 12.1 Å². The van der Waals surface area contributed by atoms with Crippen LogP contribution in [0.4, 0.5) is 19.3 Å². The van der Waals surface area contributed by atoms with Crippen LogP contribution in [0.3, 0.4) is 0 Å². The number of hydrogen-bond acceptors (Lipinski definition) is 2. The molecular weight excluding hydrogens is 338 g/mol. The number of halogens is 3. The maximum atomic E-state index is 13.4. The standard InChI is InChI=1S/C12H13BrF2N2O3/c13-7-5-9(15)10(6-8(7)14)17-12(20)16-4-2-1-3-11(18)19/h5-6H,1-4H2,(H,18,19)(H2,16,17,20). The lowest BCUT2D eigenvalue weighted by atomic mass is 10.2. The summed E-state index contributed by atoms with van der Waals surface area (Å²) in [6, 6.07) is 1.10. The fourth-order valence-corrected chi connectivity index (χ4v) is 1.70. The van der Waals surface area contributed by atoms with Crippen molar-refractivity contribution in [2.45, 2.75) is 19.3 Å². The Kier molecular flexibility index (Phi) is 6.37. The quantitative estimate of drug-likeness (QED) is 0.544. The summed E-state index contributed by atoms with van der Waals surface area (Å²) in [5.41, 5.74) is -0.270. The number of unbranched alkanes of at least 4 members (excludes halogenated alkanes) is 1. The van der Waals surface area contributed by atoms with Crippen LogP contribution in [-0.2, 0) is 4.79 Å². The van der Waals surface area contributed by atoms with Crippen LogP contribution < -0.4 is 10.6 Å². The molecular formula is C12H13BrF2N2O3. The van der Waals surface area contributed by atoms with E-state index in [0.29, 0.717) is 12.8 Å². The van der Waals surface area contributed by atoms with E-state index in [1.165, 1.54) is 0 Å². The average Bonchev–Trinajstić information content (AvgIpc) is 2.35. The smallest absolute Gasteiger partial charge is 0.319 e. The molecule has 0 aromatic heterocycles. The van der Waals surface area contributed by atoms with E-state index in [4.69, 9.17) is 5.11 Å². The second-order valence-electron chi connectivity index (χ2n) is 3.98. The Morgan fingerprint density at radius 2 is 1.90 bits per heavy atom. The molecule has 0 saturated heterocycles. The van der Waals surface area contributed by atoms with Gasteiger partial charge in [-0.25, -0.2) is 13.6 Å². The van der Waals surface area contributed by atoms with Crippen LogP contribution in [0.5, 0.6) is 0 Å². The third-order valence-corrected chi connectivity index (χ3v) is 2.97. The van der Waals surface area contributed by atoms with Crippen molar-refractivity contribution in [2.24, 2.45) is 0 Å². The second-order valence-corrected chi connectivity index (χ2v) is 4.83. The molecule has 0 saturated carbocycles. The lowest BCUT2D eigenvalue weighted by Gasteiger charge is -2.09. The third-order valence-electron chi connectivity index (χ3n) is 2.36. The highest BCUT2D eigenvalue weighted by Gasteiger charge is 2.10. The van der Waals surface area contributed by atoms with Crippen molar-refractivity contribution in [2.75, 3.05) is 11.9 Å². The maximum absolute atomic E-state index is 13.4. The van der Waals surface area contributed by atoms with Gasteiger partial charge in [0.25, 0.3) is 0 Å². The summed E-state index contributed by atoms with van der Waals surface area (Å²) in [6.07, 6.45) is 0.934. The molecule has 0 spiro atoms. The minimum Gasteiger partial charge on any atom is -0.481 e. The number of nitrogens with one attached hydrogen (secondary N) is 2. The van der Waals surface area contributed by atoms with Gasteiger partial charge >= 0.3 is 12.0 Å². The van der Waals surface area contributed by atoms with Gasteiger partial charge in [0.15, 0.2) is 0 Å². The van der Waals surface area contributed by atoms with E-state index in [1.807, 2.05) is 0 Å². The van der Waals surface area contributed by atoms with Gasteiger partial charge in [-0.2, -0.15) is 0 Å². The summed E-state index contributed by atoms with van der Waals surface area (Å²) in [5.74, 6) is -2.36. The molecule has 0 unspecified atom stereocenters. The van der Waals surface area contributed by atoms with Crippen LogP contribution in [0, 0.1) is 11.6 Å². The lowest BCUT2D eigenvalue weighted by Crippen LogP contribution is -2.30. The molecule has 0 atom stereocenters. The normalized spacial score (nSPS) is 10.2. The molecule has 20 heavy (non-hydrogen) atoms. The first-order valence-electron chi connectivity index (χ1n) is 5.81. The first-order valence-corrected chi connectivity index (χ1v) is 6.60. The highest BCUT2D eigenvalue weighted by molar-refractivity contribution is 9.10. The first kappa shape index (κ1) is 16.4. The third kappa shape index (κ3) is 5.52. The number of anilines is 1. The maximum Gasteiger partial charge on any atom is 0.319 e. The van der Waals surface area contributed by atoms with Crippen LogP contribution in [0.25, 0.3) is 0 Å². The van der Waals surface area contributed by atoms with Gasteiger partial charge < -0.3 is 15.7 Å². The summed E-state index contributed by atoms with van der Waals surface area (Å²) in [6.45, 7) is 0.250. The zero-order valence-corrected chi connectivity index (χ0v) is 12.0. The molecule has 0 fully saturated rings. The predicted molar refractivity (Wildman–Crippen MR) is 72.6 cm³/mol. The Morgan fingerprint density at radius 3 is 2.55 bits per heavy atom. The fourth-order valence-electron chi connectivity index (χ4n) is 1.39. The van der Waals surface area contributed by atoms with Crippen molar-refractivity contribution in [3.63, 3.8) is 0 Å². The minimum absolute atomic E-state index is 0.0237. The molecule has 0 aliphatic rings. The van der Waals surface area contributed by atoms with Crippen molar-refractivity contribution in [3.05, 3.63) is 28.2 Å². The Bertz CT molecular complexity index is 512. The van der Waals surface area contributed by atoms with E-state index < -0.39 is 23.6 Å². The van der Waals surface area contributed by atoms with Gasteiger partial charge in [-0.1, -0.05) is 0 Å². The van der Waals surface area contributed by atoms with Crippen molar-refractivity contribution in [3.8, 4) is 0 Å². The number of carbonyl (C=O) groups excluding carboxylic acids is 1. The van der Waals surface area contributed by atoms with E-state index >= 15 is 0 Å². The van der Waals surface area contributed by atoms with Gasteiger partial charge in [-0.15, -0.1) is 0 Å². The summed E-state index contributed by atoms with van der Waals surface area (Å²) in [7, 11) is 0. The van der Waals surface area contributed by atoms with Crippen molar-refractivity contribution in [1.82, 2.24) is 5.32 Å². The van der Waals surface area contributed by atoms with Gasteiger partial charge in [0, 0.05) is 19.0 Å². The zero-order valence-electron chi connectivity index (χ0n) is 10.4. The number of benzene rings is 1. The summed E-state index contributed by atoms with van der Waals surface area (Å²) in [5, 5.41) is 13.0. The molecule has 1 aromatic rings. The number of hydrogen-bond donors (Lipinski definition) is 3. The second kappa shape index (κ2) is 7.78. The van der Waals surface area contributed by atoms with Crippen molar-refractivity contribution < 1.29 is 23.5 Å². The van der Waals surface area contributed by atoms with Gasteiger partial charge in [0.2, 0.25) is 0 Å². The topological polar surface area (TPSA) is 78.4 Å². The highest BCUT2D eigenvalue weighted by Crippen LogP contribution is 2.23. The molecule has 1 aromatic carbocycles. The van der Waals surface area contributed by atoms with E-state index in [9.17, 15) is 18.4 Å². The monoisotopic (exact) mass is 350 g/mol. The largest absolute Gasteiger partial charge is 0.481 e. The van der Waals surface area contributed by atoms with Gasteiger partial charge in [0.1, 0.15) is 11.6 Å². The number of urea groups is 1. The fraction of sp³-hybridized carbons (Fsp3) is 0.333. The van der Waals surface area contributed by atoms with E-state index in [1.54, 1.807) is 0 Å². The molecule has 0 aliphatic carbocycles. The molecule has 0 radical (unpaired) electrons. The highest BCUT2D eigenvalue weighted by atomic mass is 79.9. The Balaban J connectivity index is 2.39. The number of carboxylic acids is 1. The number of amides is 2. The summed E-state index contributed by atoms with van der Waals surface area (Å²) >= 11 is 2.83. The van der Waals surface area contributed by atoms with E-state index in [2.05, 4.69) is 26.6 Å². The summed E-state index contributed by atoms with van der Waals surface area (Å²) in [4.78, 5) is 21.7. The summed E-state index contributed by atoms with van der Waals surface area (Å²) < 4.78 is 26.6. The Labute approximate surface area is 122 Å². The minimum atomic E-state index is -0.901. The Hall–Kier alpha value is -1.70. The molecule has 110 valence electrons. The van der Waals surface area contributed by atoms with Crippen LogP contribution in [0.1, 0.15) is 19.3 Å². The van der Waals surface area contributed by atoms with Crippen molar-refractivity contribution in [1.29, 1.82) is 0 Å². The van der Waals surface area contributed by atoms with Gasteiger partial charge in [0.05, 0.1) is 10.2 Å².